The summed E-state index contributed by atoms with van der Waals surface area (Å²) in [6, 6.07) is 8.10. The van der Waals surface area contributed by atoms with Crippen LogP contribution in [0.3, 0.4) is 0 Å². The van der Waals surface area contributed by atoms with Crippen molar-refractivity contribution in [2.45, 2.75) is 26.3 Å². The first-order valence-corrected chi connectivity index (χ1v) is 8.11. The second-order valence-corrected chi connectivity index (χ2v) is 5.13. The molecule has 0 aliphatic carbocycles. The third-order valence-corrected chi connectivity index (χ3v) is 4.09. The van der Waals surface area contributed by atoms with Gasteiger partial charge in [-0.1, -0.05) is 32.0 Å². The SMILES string of the molecule is CC.CNC(=S)N1Cc2[nH]c3ccccc3c2C(C=O)C1.CO. The normalized spacial score (nSPS) is 15.5. The van der Waals surface area contributed by atoms with Crippen LogP contribution in [-0.4, -0.2) is 47.1 Å². The van der Waals surface area contributed by atoms with Crippen LogP contribution in [0.5, 0.6) is 0 Å². The number of aldehydes is 1. The summed E-state index contributed by atoms with van der Waals surface area (Å²) in [5.41, 5.74) is 3.29. The summed E-state index contributed by atoms with van der Waals surface area (Å²) in [4.78, 5) is 16.8. The maximum Gasteiger partial charge on any atom is 0.169 e. The lowest BCUT2D eigenvalue weighted by Crippen LogP contribution is -2.42. The number of rotatable bonds is 1. The van der Waals surface area contributed by atoms with Gasteiger partial charge in [0.05, 0.1) is 12.5 Å². The molecule has 0 bridgehead atoms. The molecule has 0 saturated heterocycles. The van der Waals surface area contributed by atoms with Gasteiger partial charge in [-0.25, -0.2) is 0 Å². The van der Waals surface area contributed by atoms with Crippen LogP contribution in [0.15, 0.2) is 24.3 Å². The molecule has 1 aliphatic rings. The largest absolute Gasteiger partial charge is 0.400 e. The van der Waals surface area contributed by atoms with E-state index >= 15 is 0 Å². The number of aromatic nitrogens is 1. The van der Waals surface area contributed by atoms with Crippen molar-refractivity contribution in [1.82, 2.24) is 15.2 Å². The van der Waals surface area contributed by atoms with Crippen LogP contribution in [0.2, 0.25) is 0 Å². The van der Waals surface area contributed by atoms with Gasteiger partial charge in [-0.05, 0) is 23.8 Å². The van der Waals surface area contributed by atoms with Gasteiger partial charge < -0.3 is 25.1 Å². The highest BCUT2D eigenvalue weighted by Gasteiger charge is 2.29. The van der Waals surface area contributed by atoms with Crippen LogP contribution in [0, 0.1) is 0 Å². The van der Waals surface area contributed by atoms with Crippen molar-refractivity contribution in [3.63, 3.8) is 0 Å². The molecule has 1 unspecified atom stereocenters. The first kappa shape index (κ1) is 19.1. The van der Waals surface area contributed by atoms with Gasteiger partial charge in [0.2, 0.25) is 0 Å². The second kappa shape index (κ2) is 9.27. The molecule has 1 atom stereocenters. The van der Waals surface area contributed by atoms with Gasteiger partial charge in [0, 0.05) is 37.3 Å². The highest BCUT2D eigenvalue weighted by atomic mass is 32.1. The molecule has 1 aromatic carbocycles. The monoisotopic (exact) mass is 335 g/mol. The number of hydrogen-bond acceptors (Lipinski definition) is 3. The molecule has 2 aromatic rings. The zero-order valence-electron chi connectivity index (χ0n) is 14.1. The van der Waals surface area contributed by atoms with Crippen LogP contribution in [0.25, 0.3) is 10.9 Å². The Hall–Kier alpha value is -1.92. The molecule has 3 N–H and O–H groups in total. The van der Waals surface area contributed by atoms with Crippen molar-refractivity contribution < 1.29 is 9.90 Å². The van der Waals surface area contributed by atoms with E-state index in [1.165, 1.54) is 0 Å². The number of thiocarbonyl (C=S) groups is 1. The van der Waals surface area contributed by atoms with E-state index < -0.39 is 0 Å². The molecule has 0 fully saturated rings. The van der Waals surface area contributed by atoms with E-state index in [1.54, 1.807) is 7.05 Å². The van der Waals surface area contributed by atoms with Gasteiger partial charge in [-0.2, -0.15) is 0 Å². The van der Waals surface area contributed by atoms with Gasteiger partial charge in [0.25, 0.3) is 0 Å². The van der Waals surface area contributed by atoms with Gasteiger partial charge in [-0.3, -0.25) is 0 Å². The molecule has 5 nitrogen and oxygen atoms in total. The zero-order valence-corrected chi connectivity index (χ0v) is 14.9. The molecular weight excluding hydrogens is 310 g/mol. The lowest BCUT2D eigenvalue weighted by molar-refractivity contribution is -0.109. The number of benzene rings is 1. The molecule has 1 aliphatic heterocycles. The average molecular weight is 335 g/mol. The highest BCUT2D eigenvalue weighted by Crippen LogP contribution is 2.33. The Morgan fingerprint density at radius 2 is 2.04 bits per heavy atom. The molecule has 1 aromatic heterocycles. The van der Waals surface area contributed by atoms with Gasteiger partial charge in [0.1, 0.15) is 6.29 Å². The maximum atomic E-state index is 11.4. The number of fused-ring (bicyclic) bond motifs is 3. The predicted octanol–water partition coefficient (Wildman–Crippen LogP) is 2.41. The van der Waals surface area contributed by atoms with Gasteiger partial charge >= 0.3 is 0 Å². The smallest absolute Gasteiger partial charge is 0.169 e. The molecule has 3 rings (SSSR count). The number of aliphatic hydroxyl groups is 1. The number of aliphatic hydroxyl groups excluding tert-OH is 1. The molecule has 23 heavy (non-hydrogen) atoms. The molecule has 6 heteroatoms. The van der Waals surface area contributed by atoms with E-state index in [0.717, 1.165) is 35.6 Å². The summed E-state index contributed by atoms with van der Waals surface area (Å²) >= 11 is 5.27. The summed E-state index contributed by atoms with van der Waals surface area (Å²) in [5.74, 6) is -0.133. The number of carbonyl (C=O) groups is 1. The number of aromatic amines is 1. The minimum absolute atomic E-state index is 0.133. The van der Waals surface area contributed by atoms with Crippen LogP contribution in [-0.2, 0) is 11.3 Å². The Kier molecular flexibility index (Phi) is 7.71. The maximum absolute atomic E-state index is 11.4. The topological polar surface area (TPSA) is 68.4 Å². The molecule has 126 valence electrons. The first-order valence-electron chi connectivity index (χ1n) is 7.70. The number of hydrogen-bond donors (Lipinski definition) is 3. The molecule has 0 spiro atoms. The lowest BCUT2D eigenvalue weighted by atomic mass is 9.93. The van der Waals surface area contributed by atoms with Crippen molar-refractivity contribution >= 4 is 34.5 Å². The van der Waals surface area contributed by atoms with Crippen LogP contribution in [0.1, 0.15) is 31.0 Å². The third kappa shape index (κ3) is 3.89. The first-order chi connectivity index (χ1) is 11.2. The summed E-state index contributed by atoms with van der Waals surface area (Å²) < 4.78 is 0. The highest BCUT2D eigenvalue weighted by molar-refractivity contribution is 7.80. The standard InChI is InChI=1S/C14H15N3OS.C2H6.CH4O/c1-15-14(19)17-6-9(8-18)13-10-4-2-3-5-11(10)16-12(13)7-17;2*1-2/h2-5,8-9,16H,6-7H2,1H3,(H,15,19);1-2H3;2H,1H3. The van der Waals surface area contributed by atoms with E-state index in [2.05, 4.69) is 16.4 Å². The fraction of sp³-hybridized carbons (Fsp3) is 0.412. The number of carbonyl (C=O) groups excluding carboxylic acids is 1. The summed E-state index contributed by atoms with van der Waals surface area (Å²) in [5, 5.41) is 11.8. The lowest BCUT2D eigenvalue weighted by Gasteiger charge is -2.32. The fourth-order valence-corrected chi connectivity index (χ4v) is 2.91. The fourth-order valence-electron chi connectivity index (χ4n) is 2.78. The summed E-state index contributed by atoms with van der Waals surface area (Å²) in [6.07, 6.45) is 1.02. The van der Waals surface area contributed by atoms with Crippen molar-refractivity contribution in [3.05, 3.63) is 35.5 Å². The van der Waals surface area contributed by atoms with Crippen molar-refractivity contribution in [3.8, 4) is 0 Å². The number of para-hydroxylation sites is 1. The van der Waals surface area contributed by atoms with Crippen molar-refractivity contribution in [2.75, 3.05) is 20.7 Å². The Balaban J connectivity index is 0.000000615. The van der Waals surface area contributed by atoms with E-state index in [1.807, 2.05) is 36.9 Å². The van der Waals surface area contributed by atoms with Crippen molar-refractivity contribution in [1.29, 1.82) is 0 Å². The van der Waals surface area contributed by atoms with Crippen LogP contribution >= 0.6 is 12.2 Å². The number of nitrogens with one attached hydrogen (secondary N) is 2. The minimum atomic E-state index is -0.133. The van der Waals surface area contributed by atoms with Crippen LogP contribution < -0.4 is 5.32 Å². The second-order valence-electron chi connectivity index (χ2n) is 4.74. The predicted molar refractivity (Wildman–Crippen MR) is 98.7 cm³/mol. The Morgan fingerprint density at radius 1 is 1.39 bits per heavy atom. The molecule has 0 amide bonds. The summed E-state index contributed by atoms with van der Waals surface area (Å²) in [6.45, 7) is 5.35. The quantitative estimate of drug-likeness (QED) is 0.551. The molecule has 0 radical (unpaired) electrons. The van der Waals surface area contributed by atoms with E-state index in [-0.39, 0.29) is 5.92 Å². The third-order valence-electron chi connectivity index (χ3n) is 3.63. The Bertz CT molecular complexity index is 654. The van der Waals surface area contributed by atoms with E-state index in [4.69, 9.17) is 17.3 Å². The zero-order chi connectivity index (χ0) is 17.4. The summed E-state index contributed by atoms with van der Waals surface area (Å²) in [7, 11) is 2.80. The van der Waals surface area contributed by atoms with Crippen LogP contribution in [0.4, 0.5) is 0 Å². The van der Waals surface area contributed by atoms with Gasteiger partial charge in [0.15, 0.2) is 5.11 Å². The molecule has 2 heterocycles. The minimum Gasteiger partial charge on any atom is -0.400 e. The average Bonchev–Trinajstić information content (AvgIpc) is 3.02. The Morgan fingerprint density at radius 3 is 2.65 bits per heavy atom. The van der Waals surface area contributed by atoms with E-state index in [9.17, 15) is 4.79 Å². The Labute approximate surface area is 142 Å². The number of nitrogens with zero attached hydrogens (tertiary/aromatic N) is 1. The molecular formula is C17H25N3O2S. The van der Waals surface area contributed by atoms with Crippen molar-refractivity contribution in [2.24, 2.45) is 0 Å². The molecule has 0 saturated carbocycles. The van der Waals surface area contributed by atoms with E-state index in [0.29, 0.717) is 18.2 Å². The van der Waals surface area contributed by atoms with Gasteiger partial charge in [-0.15, -0.1) is 0 Å². The number of H-pyrrole nitrogens is 1.